The van der Waals surface area contributed by atoms with Gasteiger partial charge in [0.1, 0.15) is 11.5 Å². The fourth-order valence-corrected chi connectivity index (χ4v) is 3.28. The Morgan fingerprint density at radius 3 is 2.50 bits per heavy atom. The average molecular weight is 485 g/mol. The van der Waals surface area contributed by atoms with Gasteiger partial charge in [0.2, 0.25) is 10.0 Å². The van der Waals surface area contributed by atoms with E-state index in [1.54, 1.807) is 24.3 Å². The number of carbonyl (C=O) groups is 1. The van der Waals surface area contributed by atoms with Gasteiger partial charge < -0.3 is 9.84 Å². The molecule has 0 saturated heterocycles. The van der Waals surface area contributed by atoms with Gasteiger partial charge in [-0.1, -0.05) is 48.0 Å². The summed E-state index contributed by atoms with van der Waals surface area (Å²) in [5.41, 5.74) is -1.51. The summed E-state index contributed by atoms with van der Waals surface area (Å²) < 4.78 is 45.6. The van der Waals surface area contributed by atoms with Crippen molar-refractivity contribution in [1.29, 1.82) is 0 Å². The van der Waals surface area contributed by atoms with Gasteiger partial charge in [-0.25, -0.2) is 0 Å². The van der Waals surface area contributed by atoms with Gasteiger partial charge in [0.15, 0.2) is 16.6 Å². The Balaban J connectivity index is 1.73. The van der Waals surface area contributed by atoms with Crippen molar-refractivity contribution in [1.82, 2.24) is 4.91 Å². The molecule has 0 unspecified atom stereocenters. The normalized spacial score (nSPS) is 11.1. The van der Waals surface area contributed by atoms with Crippen LogP contribution in [0.25, 0.3) is 10.8 Å². The molecule has 0 heterocycles. The van der Waals surface area contributed by atoms with Crippen molar-refractivity contribution in [2.45, 2.75) is 6.18 Å². The molecule has 0 saturated carbocycles. The highest BCUT2D eigenvalue weighted by Gasteiger charge is 2.32. The molecule has 0 aromatic heterocycles. The molecule has 0 aliphatic rings. The standard InChI is InChI=1S/C24H13ClF3N3O3/c25-16-9-10-20(32)18(13-16)23(33)30-31-29-19-12-15(24(26,27)28)8-11-22(19)34-21-7-3-5-14-4-1-2-6-17(14)21/h1-13H/p+1. The molecule has 6 nitrogen and oxygen atoms in total. The second-order valence-electron chi connectivity index (χ2n) is 7.02. The number of hydrogen-bond donors (Lipinski definition) is 1. The molecule has 1 N–H and O–H groups in total. The number of rotatable bonds is 4. The summed E-state index contributed by atoms with van der Waals surface area (Å²) in [7, 11) is 0. The van der Waals surface area contributed by atoms with Crippen molar-refractivity contribution in [2.24, 2.45) is 10.2 Å². The molecule has 0 aliphatic heterocycles. The van der Waals surface area contributed by atoms with Crippen LogP contribution in [0.1, 0.15) is 15.9 Å². The van der Waals surface area contributed by atoms with Crippen molar-refractivity contribution in [2.75, 3.05) is 0 Å². The van der Waals surface area contributed by atoms with Crippen LogP contribution in [0.5, 0.6) is 17.2 Å². The predicted octanol–water partition coefficient (Wildman–Crippen LogP) is 7.45. The number of hydrogen-bond acceptors (Lipinski definition) is 4. The molecule has 4 rings (SSSR count). The number of phenols is 1. The summed E-state index contributed by atoms with van der Waals surface area (Å²) >= 11 is 5.81. The van der Waals surface area contributed by atoms with Crippen LogP contribution in [-0.2, 0) is 6.18 Å². The number of alkyl halides is 3. The van der Waals surface area contributed by atoms with E-state index in [2.05, 4.69) is 15.1 Å². The number of ether oxygens (including phenoxy) is 1. The van der Waals surface area contributed by atoms with E-state index in [9.17, 15) is 23.1 Å². The first kappa shape index (κ1) is 23.0. The lowest BCUT2D eigenvalue weighted by Crippen LogP contribution is -2.04. The fraction of sp³-hybridized carbons (Fsp3) is 0.0417. The average Bonchev–Trinajstić information content (AvgIpc) is 2.81. The lowest BCUT2D eigenvalue weighted by Gasteiger charge is -2.11. The Labute approximate surface area is 195 Å². The lowest BCUT2D eigenvalue weighted by atomic mass is 10.1. The highest BCUT2D eigenvalue weighted by molar-refractivity contribution is 6.31. The van der Waals surface area contributed by atoms with Gasteiger partial charge in [0.05, 0.1) is 11.1 Å². The highest BCUT2D eigenvalue weighted by Crippen LogP contribution is 2.39. The number of benzene rings is 4. The molecule has 4 aromatic carbocycles. The van der Waals surface area contributed by atoms with Gasteiger partial charge in [-0.3, -0.25) is 4.79 Å². The monoisotopic (exact) mass is 484 g/mol. The molecule has 170 valence electrons. The van der Waals surface area contributed by atoms with Crippen molar-refractivity contribution in [3.05, 3.63) is 95.0 Å². The number of nitrogens with zero attached hydrogens (tertiary/aromatic N) is 3. The molecule has 1 amide bonds. The van der Waals surface area contributed by atoms with Crippen molar-refractivity contribution in [3.63, 3.8) is 0 Å². The number of aromatic hydroxyl groups is 1. The van der Waals surface area contributed by atoms with Gasteiger partial charge in [-0.05, 0) is 47.9 Å². The lowest BCUT2D eigenvalue weighted by molar-refractivity contribution is -0.137. The summed E-state index contributed by atoms with van der Waals surface area (Å²) in [5, 5.41) is 18.6. The third-order valence-electron chi connectivity index (χ3n) is 4.73. The molecule has 0 bridgehead atoms. The zero-order valence-corrected chi connectivity index (χ0v) is 17.9. The molecule has 0 radical (unpaired) electrons. The van der Waals surface area contributed by atoms with E-state index in [1.807, 2.05) is 18.2 Å². The van der Waals surface area contributed by atoms with Crippen LogP contribution in [0.15, 0.2) is 89.1 Å². The summed E-state index contributed by atoms with van der Waals surface area (Å²) in [6.45, 7) is 0. The summed E-state index contributed by atoms with van der Waals surface area (Å²) in [6, 6.07) is 19.1. The molecular formula is C24H14ClF3N3O3+. The summed E-state index contributed by atoms with van der Waals surface area (Å²) in [4.78, 5) is 15.6. The minimum atomic E-state index is -4.64. The van der Waals surface area contributed by atoms with Crippen LogP contribution in [-0.4, -0.2) is 11.0 Å². The molecule has 0 atom stereocenters. The summed E-state index contributed by atoms with van der Waals surface area (Å²) in [5.74, 6) is -0.993. The van der Waals surface area contributed by atoms with Crippen LogP contribution < -0.4 is 9.65 Å². The third-order valence-corrected chi connectivity index (χ3v) is 4.97. The van der Waals surface area contributed by atoms with Crippen LogP contribution in [0, 0.1) is 0 Å². The number of carbonyl (C=O) groups excluding carboxylic acids is 1. The van der Waals surface area contributed by atoms with Gasteiger partial charge >= 0.3 is 12.1 Å². The van der Waals surface area contributed by atoms with Crippen LogP contribution in [0.4, 0.5) is 18.9 Å². The maximum atomic E-state index is 13.3. The Morgan fingerprint density at radius 2 is 1.71 bits per heavy atom. The van der Waals surface area contributed by atoms with E-state index in [4.69, 9.17) is 16.3 Å². The smallest absolute Gasteiger partial charge is 0.416 e. The zero-order valence-electron chi connectivity index (χ0n) is 17.1. The van der Waals surface area contributed by atoms with E-state index in [1.165, 1.54) is 18.2 Å². The minimum absolute atomic E-state index is 0.0265. The van der Waals surface area contributed by atoms with Crippen LogP contribution in [0.2, 0.25) is 5.02 Å². The van der Waals surface area contributed by atoms with E-state index < -0.39 is 17.6 Å². The Kier molecular flexibility index (Phi) is 6.32. The Bertz CT molecular complexity index is 1460. The Hall–Kier alpha value is -4.20. The zero-order chi connectivity index (χ0) is 24.3. The second-order valence-corrected chi connectivity index (χ2v) is 7.45. The van der Waals surface area contributed by atoms with Crippen LogP contribution in [0.3, 0.4) is 0 Å². The summed E-state index contributed by atoms with van der Waals surface area (Å²) in [6.07, 6.45) is -4.64. The highest BCUT2D eigenvalue weighted by atomic mass is 35.5. The molecule has 0 spiro atoms. The van der Waals surface area contributed by atoms with Gasteiger partial charge in [0.25, 0.3) is 0 Å². The maximum Gasteiger partial charge on any atom is 0.416 e. The molecule has 10 heteroatoms. The number of halogens is 4. The first-order valence-corrected chi connectivity index (χ1v) is 10.1. The largest absolute Gasteiger partial charge is 0.507 e. The van der Waals surface area contributed by atoms with E-state index >= 15 is 0 Å². The van der Waals surface area contributed by atoms with E-state index in [0.29, 0.717) is 5.75 Å². The van der Waals surface area contributed by atoms with E-state index in [0.717, 1.165) is 29.0 Å². The quantitative estimate of drug-likeness (QED) is 0.241. The second kappa shape index (κ2) is 9.35. The van der Waals surface area contributed by atoms with Crippen molar-refractivity contribution in [3.8, 4) is 17.2 Å². The van der Waals surface area contributed by atoms with E-state index in [-0.39, 0.29) is 27.8 Å². The van der Waals surface area contributed by atoms with Crippen LogP contribution >= 0.6 is 11.6 Å². The van der Waals surface area contributed by atoms with Gasteiger partial charge in [-0.2, -0.15) is 13.2 Å². The molecule has 4 aromatic rings. The molecular weight excluding hydrogens is 471 g/mol. The molecule has 34 heavy (non-hydrogen) atoms. The first-order chi connectivity index (χ1) is 16.2. The molecule has 0 fully saturated rings. The number of amides is 1. The number of fused-ring (bicyclic) bond motifs is 1. The van der Waals surface area contributed by atoms with Crippen molar-refractivity contribution < 1.29 is 27.8 Å². The minimum Gasteiger partial charge on any atom is -0.507 e. The third kappa shape index (κ3) is 5.06. The van der Waals surface area contributed by atoms with Gasteiger partial charge in [-0.15, -0.1) is 0 Å². The fourth-order valence-electron chi connectivity index (χ4n) is 3.11. The first-order valence-electron chi connectivity index (χ1n) is 9.74. The van der Waals surface area contributed by atoms with Gasteiger partial charge in [0, 0.05) is 10.4 Å². The predicted molar refractivity (Wildman–Crippen MR) is 120 cm³/mol. The maximum absolute atomic E-state index is 13.3. The van der Waals surface area contributed by atoms with Crippen molar-refractivity contribution >= 4 is 34.0 Å². The topological polar surface area (TPSA) is 85.4 Å². The number of phenolic OH excluding ortho intramolecular Hbond substituents is 1. The SMILES string of the molecule is O=C(N=[N+]=Nc1cc(C(F)(F)F)ccc1Oc1cccc2ccccc12)c1cc(Cl)ccc1O. The Morgan fingerprint density at radius 1 is 0.941 bits per heavy atom. The molecule has 0 aliphatic carbocycles.